The highest BCUT2D eigenvalue weighted by Crippen LogP contribution is 2.31. The minimum Gasteiger partial charge on any atom is -0.451 e. The molecule has 0 bridgehead atoms. The Morgan fingerprint density at radius 2 is 1.68 bits per heavy atom. The maximum absolute atomic E-state index is 13.3. The SMILES string of the molecule is CC(OC(=O)CN1C(=O)c2cc(Cl)c(Cl)cc2C1=O)C(=O)N(C)Cc1cccc(F)c1. The van der Waals surface area contributed by atoms with E-state index >= 15 is 0 Å². The van der Waals surface area contributed by atoms with Crippen molar-refractivity contribution in [3.8, 4) is 0 Å². The zero-order valence-corrected chi connectivity index (χ0v) is 18.0. The van der Waals surface area contributed by atoms with E-state index in [1.54, 1.807) is 6.07 Å². The molecule has 1 aliphatic heterocycles. The summed E-state index contributed by atoms with van der Waals surface area (Å²) in [4.78, 5) is 51.6. The molecule has 3 rings (SSSR count). The Hall–Kier alpha value is -2.97. The molecule has 31 heavy (non-hydrogen) atoms. The Kier molecular flexibility index (Phi) is 6.62. The average Bonchev–Trinajstić information content (AvgIpc) is 2.92. The number of carbonyl (C=O) groups excluding carboxylic acids is 4. The number of rotatable bonds is 6. The fourth-order valence-electron chi connectivity index (χ4n) is 3.14. The molecule has 0 spiro atoms. The van der Waals surface area contributed by atoms with Crippen molar-refractivity contribution in [1.29, 1.82) is 0 Å². The lowest BCUT2D eigenvalue weighted by atomic mass is 10.1. The van der Waals surface area contributed by atoms with Crippen LogP contribution in [0.2, 0.25) is 10.0 Å². The molecule has 1 unspecified atom stereocenters. The molecule has 0 saturated heterocycles. The average molecular weight is 467 g/mol. The van der Waals surface area contributed by atoms with E-state index in [-0.39, 0.29) is 27.7 Å². The van der Waals surface area contributed by atoms with Crippen LogP contribution in [0.15, 0.2) is 36.4 Å². The first-order valence-electron chi connectivity index (χ1n) is 9.12. The van der Waals surface area contributed by atoms with Crippen molar-refractivity contribution in [2.75, 3.05) is 13.6 Å². The molecule has 3 amide bonds. The van der Waals surface area contributed by atoms with E-state index in [1.165, 1.54) is 49.2 Å². The van der Waals surface area contributed by atoms with E-state index in [9.17, 15) is 23.6 Å². The quantitative estimate of drug-likeness (QED) is 0.481. The minimum atomic E-state index is -1.18. The Labute approximate surface area is 187 Å². The lowest BCUT2D eigenvalue weighted by Gasteiger charge is -2.22. The summed E-state index contributed by atoms with van der Waals surface area (Å²) in [5.74, 6) is -3.32. The lowest BCUT2D eigenvalue weighted by molar-refractivity contribution is -0.158. The molecule has 1 atom stereocenters. The zero-order valence-electron chi connectivity index (χ0n) is 16.5. The fraction of sp³-hybridized carbons (Fsp3) is 0.238. The normalized spacial score (nSPS) is 13.8. The van der Waals surface area contributed by atoms with Gasteiger partial charge in [0.05, 0.1) is 21.2 Å². The number of esters is 1. The molecular formula is C21H17Cl2FN2O5. The van der Waals surface area contributed by atoms with Gasteiger partial charge in [0.25, 0.3) is 17.7 Å². The molecular weight excluding hydrogens is 450 g/mol. The third-order valence-electron chi connectivity index (χ3n) is 4.64. The maximum Gasteiger partial charge on any atom is 0.326 e. The molecule has 1 aliphatic rings. The van der Waals surface area contributed by atoms with Gasteiger partial charge in [0, 0.05) is 13.6 Å². The van der Waals surface area contributed by atoms with Gasteiger partial charge >= 0.3 is 5.97 Å². The van der Waals surface area contributed by atoms with Crippen LogP contribution in [-0.4, -0.2) is 53.2 Å². The van der Waals surface area contributed by atoms with Gasteiger partial charge in [-0.25, -0.2) is 4.39 Å². The molecule has 0 N–H and O–H groups in total. The van der Waals surface area contributed by atoms with E-state index in [0.29, 0.717) is 10.5 Å². The summed E-state index contributed by atoms with van der Waals surface area (Å²) < 4.78 is 18.4. The van der Waals surface area contributed by atoms with Gasteiger partial charge in [-0.1, -0.05) is 35.3 Å². The summed E-state index contributed by atoms with van der Waals surface area (Å²) >= 11 is 11.8. The molecule has 1 heterocycles. The Bertz CT molecular complexity index is 1050. The Morgan fingerprint density at radius 1 is 1.10 bits per heavy atom. The molecule has 10 heteroatoms. The molecule has 0 fully saturated rings. The largest absolute Gasteiger partial charge is 0.451 e. The summed E-state index contributed by atoms with van der Waals surface area (Å²) in [6.07, 6.45) is -1.18. The fourth-order valence-corrected chi connectivity index (χ4v) is 3.47. The Morgan fingerprint density at radius 3 is 2.23 bits per heavy atom. The third kappa shape index (κ3) is 4.86. The third-order valence-corrected chi connectivity index (χ3v) is 5.36. The van der Waals surface area contributed by atoms with Crippen molar-refractivity contribution in [3.63, 3.8) is 0 Å². The van der Waals surface area contributed by atoms with Crippen LogP contribution in [-0.2, 0) is 20.9 Å². The van der Waals surface area contributed by atoms with Crippen LogP contribution in [0.25, 0.3) is 0 Å². The topological polar surface area (TPSA) is 84.0 Å². The van der Waals surface area contributed by atoms with Crippen LogP contribution in [0.5, 0.6) is 0 Å². The van der Waals surface area contributed by atoms with Gasteiger partial charge in [-0.05, 0) is 36.8 Å². The van der Waals surface area contributed by atoms with Gasteiger partial charge in [0.2, 0.25) is 0 Å². The molecule has 7 nitrogen and oxygen atoms in total. The number of hydrogen-bond donors (Lipinski definition) is 0. The first kappa shape index (κ1) is 22.7. The van der Waals surface area contributed by atoms with Crippen molar-refractivity contribution in [1.82, 2.24) is 9.80 Å². The lowest BCUT2D eigenvalue weighted by Crippen LogP contribution is -2.41. The van der Waals surface area contributed by atoms with Crippen LogP contribution in [0, 0.1) is 5.82 Å². The summed E-state index contributed by atoms with van der Waals surface area (Å²) in [7, 11) is 1.48. The number of imide groups is 1. The highest BCUT2D eigenvalue weighted by atomic mass is 35.5. The van der Waals surface area contributed by atoms with Crippen LogP contribution >= 0.6 is 23.2 Å². The first-order valence-corrected chi connectivity index (χ1v) is 9.88. The zero-order chi connectivity index (χ0) is 22.9. The number of ether oxygens (including phenoxy) is 1. The highest BCUT2D eigenvalue weighted by Gasteiger charge is 2.38. The summed E-state index contributed by atoms with van der Waals surface area (Å²) in [5, 5.41) is 0.207. The second-order valence-corrected chi connectivity index (χ2v) is 7.78. The second kappa shape index (κ2) is 9.03. The minimum absolute atomic E-state index is 0.0335. The number of likely N-dealkylation sites (N-methyl/N-ethyl adjacent to an activating group) is 1. The summed E-state index contributed by atoms with van der Waals surface area (Å²) in [6, 6.07) is 8.29. The van der Waals surface area contributed by atoms with Gasteiger partial charge in [-0.2, -0.15) is 0 Å². The predicted molar refractivity (Wildman–Crippen MR) is 110 cm³/mol. The monoisotopic (exact) mass is 466 g/mol. The number of halogens is 3. The van der Waals surface area contributed by atoms with E-state index in [0.717, 1.165) is 0 Å². The molecule has 2 aromatic rings. The van der Waals surface area contributed by atoms with Crippen molar-refractivity contribution in [2.45, 2.75) is 19.6 Å². The summed E-state index contributed by atoms with van der Waals surface area (Å²) in [5.41, 5.74) is 0.634. The van der Waals surface area contributed by atoms with Gasteiger partial charge in [0.15, 0.2) is 6.10 Å². The van der Waals surface area contributed by atoms with Crippen LogP contribution in [0.4, 0.5) is 4.39 Å². The molecule has 162 valence electrons. The molecule has 0 aliphatic carbocycles. The second-order valence-electron chi connectivity index (χ2n) is 6.96. The van der Waals surface area contributed by atoms with Crippen molar-refractivity contribution in [3.05, 3.63) is 69.0 Å². The summed E-state index contributed by atoms with van der Waals surface area (Å²) in [6.45, 7) is 0.801. The standard InChI is InChI=1S/C21H17Cl2FN2O5/c1-11(19(28)25(2)9-12-4-3-5-13(24)6-12)31-18(27)10-26-20(29)14-7-16(22)17(23)8-15(14)21(26)30/h3-8,11H,9-10H2,1-2H3. The van der Waals surface area contributed by atoms with Gasteiger partial charge in [-0.15, -0.1) is 0 Å². The van der Waals surface area contributed by atoms with Gasteiger partial charge in [0.1, 0.15) is 12.4 Å². The predicted octanol–water partition coefficient (Wildman–Crippen LogP) is 3.32. The maximum atomic E-state index is 13.3. The molecule has 2 aromatic carbocycles. The highest BCUT2D eigenvalue weighted by molar-refractivity contribution is 6.43. The van der Waals surface area contributed by atoms with E-state index in [4.69, 9.17) is 27.9 Å². The van der Waals surface area contributed by atoms with Crippen molar-refractivity contribution in [2.24, 2.45) is 0 Å². The van der Waals surface area contributed by atoms with Crippen molar-refractivity contribution < 1.29 is 28.3 Å². The van der Waals surface area contributed by atoms with Crippen LogP contribution < -0.4 is 0 Å². The van der Waals surface area contributed by atoms with Gasteiger partial charge < -0.3 is 9.64 Å². The number of amides is 3. The van der Waals surface area contributed by atoms with E-state index in [1.807, 2.05) is 0 Å². The first-order chi connectivity index (χ1) is 14.6. The van der Waals surface area contributed by atoms with E-state index < -0.39 is 42.2 Å². The van der Waals surface area contributed by atoms with Crippen LogP contribution in [0.3, 0.4) is 0 Å². The molecule has 0 saturated carbocycles. The smallest absolute Gasteiger partial charge is 0.326 e. The molecule has 0 radical (unpaired) electrons. The van der Waals surface area contributed by atoms with Crippen molar-refractivity contribution >= 4 is 46.9 Å². The number of nitrogens with zero attached hydrogens (tertiary/aromatic N) is 2. The van der Waals surface area contributed by atoms with Gasteiger partial charge in [-0.3, -0.25) is 24.1 Å². The van der Waals surface area contributed by atoms with Crippen LogP contribution in [0.1, 0.15) is 33.2 Å². The number of hydrogen-bond acceptors (Lipinski definition) is 5. The number of carbonyl (C=O) groups is 4. The molecule has 0 aromatic heterocycles. The van der Waals surface area contributed by atoms with E-state index in [2.05, 4.69) is 0 Å². The number of benzene rings is 2. The number of fused-ring (bicyclic) bond motifs is 1. The Balaban J connectivity index is 1.60.